The minimum atomic E-state index is -0.655. The summed E-state index contributed by atoms with van der Waals surface area (Å²) in [6, 6.07) is 7.61. The standard InChI is InChI=1S/C20H19N5O3/c1-3-13-5-4-6-14-15(9-21-19(13)14)17(26)11-28-20(27)16-10-25(12-22-16)18-7-8-24(2)23-18/h4-10,12,21H,3,11H2,1-2H3. The van der Waals surface area contributed by atoms with Crippen LogP contribution >= 0.6 is 0 Å². The topological polar surface area (TPSA) is 94.8 Å². The van der Waals surface area contributed by atoms with Gasteiger partial charge in [-0.1, -0.05) is 25.1 Å². The second kappa shape index (κ2) is 7.15. The molecule has 8 nitrogen and oxygen atoms in total. The largest absolute Gasteiger partial charge is 0.453 e. The van der Waals surface area contributed by atoms with Gasteiger partial charge in [-0.2, -0.15) is 5.10 Å². The molecule has 0 saturated carbocycles. The molecule has 142 valence electrons. The highest BCUT2D eigenvalue weighted by molar-refractivity contribution is 6.09. The van der Waals surface area contributed by atoms with Crippen molar-refractivity contribution >= 4 is 22.7 Å². The van der Waals surface area contributed by atoms with E-state index in [1.807, 2.05) is 18.2 Å². The molecule has 0 saturated heterocycles. The van der Waals surface area contributed by atoms with Gasteiger partial charge in [0.05, 0.1) is 0 Å². The molecule has 1 N–H and O–H groups in total. The van der Waals surface area contributed by atoms with E-state index in [1.165, 1.54) is 12.5 Å². The van der Waals surface area contributed by atoms with Crippen LogP contribution in [0.25, 0.3) is 16.7 Å². The highest BCUT2D eigenvalue weighted by atomic mass is 16.5. The van der Waals surface area contributed by atoms with Crippen molar-refractivity contribution in [1.82, 2.24) is 24.3 Å². The number of hydrogen-bond acceptors (Lipinski definition) is 5. The van der Waals surface area contributed by atoms with Gasteiger partial charge in [0.1, 0.15) is 6.33 Å². The number of hydrogen-bond donors (Lipinski definition) is 1. The van der Waals surface area contributed by atoms with Crippen LogP contribution in [0.4, 0.5) is 0 Å². The molecule has 4 aromatic rings. The lowest BCUT2D eigenvalue weighted by Gasteiger charge is -2.03. The first-order valence-electron chi connectivity index (χ1n) is 8.90. The molecule has 28 heavy (non-hydrogen) atoms. The number of nitrogens with one attached hydrogen (secondary N) is 1. The number of fused-ring (bicyclic) bond motifs is 1. The summed E-state index contributed by atoms with van der Waals surface area (Å²) in [6.45, 7) is 1.71. The van der Waals surface area contributed by atoms with Gasteiger partial charge in [0.25, 0.3) is 0 Å². The third kappa shape index (κ3) is 3.20. The number of rotatable bonds is 6. The molecule has 0 bridgehead atoms. The number of para-hydroxylation sites is 1. The van der Waals surface area contributed by atoms with Crippen molar-refractivity contribution in [3.05, 3.63) is 66.0 Å². The van der Waals surface area contributed by atoms with E-state index in [0.29, 0.717) is 11.4 Å². The fourth-order valence-corrected chi connectivity index (χ4v) is 3.12. The molecule has 0 radical (unpaired) electrons. The molecule has 0 aliphatic carbocycles. The number of ketones is 1. The van der Waals surface area contributed by atoms with E-state index >= 15 is 0 Å². The van der Waals surface area contributed by atoms with Crippen molar-refractivity contribution in [3.8, 4) is 5.82 Å². The van der Waals surface area contributed by atoms with E-state index in [-0.39, 0.29) is 18.1 Å². The molecule has 4 rings (SSSR count). The number of imidazole rings is 1. The van der Waals surface area contributed by atoms with E-state index in [9.17, 15) is 9.59 Å². The molecule has 0 unspecified atom stereocenters. The van der Waals surface area contributed by atoms with Crippen molar-refractivity contribution in [2.75, 3.05) is 6.61 Å². The second-order valence-electron chi connectivity index (χ2n) is 6.41. The maximum Gasteiger partial charge on any atom is 0.358 e. The summed E-state index contributed by atoms with van der Waals surface area (Å²) >= 11 is 0. The van der Waals surface area contributed by atoms with Crippen molar-refractivity contribution in [2.24, 2.45) is 7.05 Å². The molecule has 0 spiro atoms. The van der Waals surface area contributed by atoms with Crippen molar-refractivity contribution in [3.63, 3.8) is 0 Å². The Morgan fingerprint density at radius 1 is 1.25 bits per heavy atom. The van der Waals surface area contributed by atoms with Gasteiger partial charge in [0.15, 0.2) is 18.1 Å². The van der Waals surface area contributed by atoms with Gasteiger partial charge in [-0.15, -0.1) is 0 Å². The van der Waals surface area contributed by atoms with Crippen LogP contribution < -0.4 is 0 Å². The van der Waals surface area contributed by atoms with Gasteiger partial charge >= 0.3 is 5.97 Å². The molecule has 0 aliphatic rings. The zero-order chi connectivity index (χ0) is 19.7. The first-order chi connectivity index (χ1) is 13.6. The van der Waals surface area contributed by atoms with Crippen LogP contribution in [0.2, 0.25) is 0 Å². The maximum absolute atomic E-state index is 12.5. The monoisotopic (exact) mass is 377 g/mol. The number of carbonyl (C=O) groups is 2. The summed E-state index contributed by atoms with van der Waals surface area (Å²) in [5.41, 5.74) is 2.70. The fraction of sp³-hybridized carbons (Fsp3) is 0.200. The molecule has 0 atom stereocenters. The number of benzene rings is 1. The van der Waals surface area contributed by atoms with Crippen LogP contribution in [0, 0.1) is 0 Å². The molecular weight excluding hydrogens is 358 g/mol. The Morgan fingerprint density at radius 2 is 2.11 bits per heavy atom. The van der Waals surface area contributed by atoms with Gasteiger partial charge in [-0.25, -0.2) is 9.78 Å². The van der Waals surface area contributed by atoms with Crippen LogP contribution in [-0.2, 0) is 18.2 Å². The lowest BCUT2D eigenvalue weighted by atomic mass is 10.1. The Hall–Kier alpha value is -3.68. The predicted molar refractivity (Wildman–Crippen MR) is 103 cm³/mol. The summed E-state index contributed by atoms with van der Waals surface area (Å²) in [6.07, 6.45) is 7.31. The zero-order valence-corrected chi connectivity index (χ0v) is 15.5. The third-order valence-electron chi connectivity index (χ3n) is 4.57. The van der Waals surface area contributed by atoms with Crippen molar-refractivity contribution < 1.29 is 14.3 Å². The number of H-pyrrole nitrogens is 1. The van der Waals surface area contributed by atoms with Crippen molar-refractivity contribution in [1.29, 1.82) is 0 Å². The molecule has 1 aromatic carbocycles. The summed E-state index contributed by atoms with van der Waals surface area (Å²) < 4.78 is 8.44. The zero-order valence-electron chi connectivity index (χ0n) is 15.5. The first-order valence-corrected chi connectivity index (χ1v) is 8.90. The number of carbonyl (C=O) groups excluding carboxylic acids is 2. The quantitative estimate of drug-likeness (QED) is 0.412. The fourth-order valence-electron chi connectivity index (χ4n) is 3.12. The molecule has 0 aliphatic heterocycles. The molecule has 3 aromatic heterocycles. The maximum atomic E-state index is 12.5. The Labute approximate surface area is 160 Å². The van der Waals surface area contributed by atoms with Gasteiger partial charge in [-0.05, 0) is 12.0 Å². The Bertz CT molecular complexity index is 1170. The van der Waals surface area contributed by atoms with Crippen LogP contribution in [0.3, 0.4) is 0 Å². The van der Waals surface area contributed by atoms with E-state index < -0.39 is 5.97 Å². The van der Waals surface area contributed by atoms with E-state index in [4.69, 9.17) is 4.74 Å². The number of aryl methyl sites for hydroxylation is 2. The highest BCUT2D eigenvalue weighted by Gasteiger charge is 2.18. The third-order valence-corrected chi connectivity index (χ3v) is 4.57. The lowest BCUT2D eigenvalue weighted by molar-refractivity contribution is 0.0470. The number of nitrogens with zero attached hydrogens (tertiary/aromatic N) is 4. The molecule has 0 amide bonds. The number of Topliss-reactive ketones (excluding diaryl/α,β-unsaturated/α-hetero) is 1. The Morgan fingerprint density at radius 3 is 2.86 bits per heavy atom. The van der Waals surface area contributed by atoms with Crippen LogP contribution in [0.15, 0.2) is 49.2 Å². The summed E-state index contributed by atoms with van der Waals surface area (Å²) in [7, 11) is 1.80. The van der Waals surface area contributed by atoms with Crippen LogP contribution in [0.1, 0.15) is 33.3 Å². The number of aromatic nitrogens is 5. The number of aromatic amines is 1. The molecule has 0 fully saturated rings. The Balaban J connectivity index is 1.45. The van der Waals surface area contributed by atoms with E-state index in [2.05, 4.69) is 22.0 Å². The molecule has 8 heteroatoms. The summed E-state index contributed by atoms with van der Waals surface area (Å²) in [4.78, 5) is 32.0. The summed E-state index contributed by atoms with van der Waals surface area (Å²) in [5.74, 6) is -0.287. The first kappa shape index (κ1) is 17.7. The van der Waals surface area contributed by atoms with Crippen LogP contribution in [-0.4, -0.2) is 42.7 Å². The average Bonchev–Trinajstić information content (AvgIpc) is 3.44. The molecule has 3 heterocycles. The van der Waals surface area contributed by atoms with Gasteiger partial charge in [0.2, 0.25) is 5.78 Å². The second-order valence-corrected chi connectivity index (χ2v) is 6.41. The van der Waals surface area contributed by atoms with Gasteiger partial charge < -0.3 is 9.72 Å². The number of ether oxygens (including phenoxy) is 1. The Kier molecular flexibility index (Phi) is 4.52. The summed E-state index contributed by atoms with van der Waals surface area (Å²) in [5, 5.41) is 5.07. The SMILES string of the molecule is CCc1cccc2c(C(=O)COC(=O)c3cn(-c4ccn(C)n4)cn3)c[nH]c12. The predicted octanol–water partition coefficient (Wildman–Crippen LogP) is 2.69. The lowest BCUT2D eigenvalue weighted by Crippen LogP contribution is -2.14. The average molecular weight is 377 g/mol. The smallest absolute Gasteiger partial charge is 0.358 e. The van der Waals surface area contributed by atoms with Crippen molar-refractivity contribution in [2.45, 2.75) is 13.3 Å². The van der Waals surface area contributed by atoms with Crippen LogP contribution in [0.5, 0.6) is 0 Å². The normalized spacial score (nSPS) is 11.1. The minimum absolute atomic E-state index is 0.116. The van der Waals surface area contributed by atoms with Gasteiger partial charge in [-0.3, -0.25) is 14.0 Å². The molecular formula is C20H19N5O3. The van der Waals surface area contributed by atoms with Gasteiger partial charge in [0, 0.05) is 48.2 Å². The minimum Gasteiger partial charge on any atom is -0.453 e. The highest BCUT2D eigenvalue weighted by Crippen LogP contribution is 2.22. The van der Waals surface area contributed by atoms with E-state index in [1.54, 1.807) is 34.8 Å². The number of esters is 1. The van der Waals surface area contributed by atoms with E-state index in [0.717, 1.165) is 22.9 Å².